The minimum absolute atomic E-state index is 0.0277. The zero-order chi connectivity index (χ0) is 14.0. The molecule has 1 unspecified atom stereocenters. The van der Waals surface area contributed by atoms with Crippen molar-refractivity contribution in [2.75, 3.05) is 6.54 Å². The second-order valence-electron chi connectivity index (χ2n) is 4.74. The van der Waals surface area contributed by atoms with Gasteiger partial charge in [0.1, 0.15) is 0 Å². The summed E-state index contributed by atoms with van der Waals surface area (Å²) >= 11 is 0. The first-order valence-electron chi connectivity index (χ1n) is 6.27. The summed E-state index contributed by atoms with van der Waals surface area (Å²) < 4.78 is 2.46. The van der Waals surface area contributed by atoms with Gasteiger partial charge in [-0.1, -0.05) is 0 Å². The SMILES string of the molecule is Cn1c(CNC2CCCNC2=O)cc(=O)n(C)c1=O. The molecule has 104 valence electrons. The largest absolute Gasteiger partial charge is 0.355 e. The van der Waals surface area contributed by atoms with Crippen LogP contribution in [0.25, 0.3) is 0 Å². The Morgan fingerprint density at radius 3 is 2.74 bits per heavy atom. The maximum absolute atomic E-state index is 11.7. The monoisotopic (exact) mass is 266 g/mol. The molecule has 0 aromatic carbocycles. The van der Waals surface area contributed by atoms with Crippen LogP contribution in [0.5, 0.6) is 0 Å². The molecule has 0 spiro atoms. The number of aromatic nitrogens is 2. The van der Waals surface area contributed by atoms with Gasteiger partial charge in [0, 0.05) is 38.9 Å². The lowest BCUT2D eigenvalue weighted by molar-refractivity contribution is -0.124. The standard InChI is InChI=1S/C12H18N4O3/c1-15-8(6-10(17)16(2)12(15)19)7-14-9-4-3-5-13-11(9)18/h6,9,14H,3-5,7H2,1-2H3,(H,13,18). The summed E-state index contributed by atoms with van der Waals surface area (Å²) in [6, 6.07) is 1.16. The molecule has 2 rings (SSSR count). The molecule has 1 aliphatic heterocycles. The van der Waals surface area contributed by atoms with E-state index in [1.165, 1.54) is 17.7 Å². The Bertz CT molecular complexity index is 602. The average Bonchev–Trinajstić information content (AvgIpc) is 2.40. The molecule has 1 aliphatic rings. The van der Waals surface area contributed by atoms with Crippen LogP contribution in [0.1, 0.15) is 18.5 Å². The van der Waals surface area contributed by atoms with E-state index in [-0.39, 0.29) is 23.2 Å². The Hall–Kier alpha value is -1.89. The Morgan fingerprint density at radius 2 is 2.05 bits per heavy atom. The van der Waals surface area contributed by atoms with Crippen LogP contribution < -0.4 is 21.9 Å². The highest BCUT2D eigenvalue weighted by Gasteiger charge is 2.21. The molecule has 0 saturated carbocycles. The van der Waals surface area contributed by atoms with E-state index < -0.39 is 0 Å². The molecule has 1 aromatic rings. The number of carbonyl (C=O) groups is 1. The van der Waals surface area contributed by atoms with E-state index in [0.717, 1.165) is 17.4 Å². The fraction of sp³-hybridized carbons (Fsp3) is 0.583. The van der Waals surface area contributed by atoms with E-state index in [1.54, 1.807) is 7.05 Å². The van der Waals surface area contributed by atoms with E-state index in [9.17, 15) is 14.4 Å². The summed E-state index contributed by atoms with van der Waals surface area (Å²) in [7, 11) is 3.05. The third-order valence-corrected chi connectivity index (χ3v) is 3.44. The smallest absolute Gasteiger partial charge is 0.330 e. The molecule has 2 heterocycles. The quantitative estimate of drug-likeness (QED) is 0.694. The Morgan fingerprint density at radius 1 is 1.32 bits per heavy atom. The molecular formula is C12H18N4O3. The molecule has 2 N–H and O–H groups in total. The highest BCUT2D eigenvalue weighted by Crippen LogP contribution is 2.03. The molecule has 1 atom stereocenters. The summed E-state index contributed by atoms with van der Waals surface area (Å²) in [5.74, 6) is -0.0277. The first kappa shape index (κ1) is 13.5. The highest BCUT2D eigenvalue weighted by molar-refractivity contribution is 5.82. The Balaban J connectivity index is 2.14. The first-order chi connectivity index (χ1) is 9.00. The summed E-state index contributed by atoms with van der Waals surface area (Å²) in [6.45, 7) is 1.03. The molecule has 7 heteroatoms. The number of amides is 1. The second kappa shape index (κ2) is 5.40. The van der Waals surface area contributed by atoms with Gasteiger partial charge in [0.15, 0.2) is 0 Å². The third-order valence-electron chi connectivity index (χ3n) is 3.44. The van der Waals surface area contributed by atoms with E-state index in [2.05, 4.69) is 10.6 Å². The van der Waals surface area contributed by atoms with Crippen molar-refractivity contribution < 1.29 is 4.79 Å². The van der Waals surface area contributed by atoms with Gasteiger partial charge in [-0.2, -0.15) is 0 Å². The molecule has 1 fully saturated rings. The fourth-order valence-electron chi connectivity index (χ4n) is 2.14. The lowest BCUT2D eigenvalue weighted by Crippen LogP contribution is -2.48. The van der Waals surface area contributed by atoms with Gasteiger partial charge in [-0.25, -0.2) is 4.79 Å². The molecular weight excluding hydrogens is 248 g/mol. The normalized spacial score (nSPS) is 19.3. The summed E-state index contributed by atoms with van der Waals surface area (Å²) in [5, 5.41) is 5.86. The van der Waals surface area contributed by atoms with Crippen LogP contribution >= 0.6 is 0 Å². The van der Waals surface area contributed by atoms with Crippen molar-refractivity contribution in [3.63, 3.8) is 0 Å². The summed E-state index contributed by atoms with van der Waals surface area (Å²) in [6.07, 6.45) is 1.70. The molecule has 7 nitrogen and oxygen atoms in total. The number of piperidine rings is 1. The molecule has 0 bridgehead atoms. The minimum atomic E-state index is -0.364. The maximum Gasteiger partial charge on any atom is 0.330 e. The molecule has 0 aliphatic carbocycles. The van der Waals surface area contributed by atoms with Crippen molar-refractivity contribution in [3.8, 4) is 0 Å². The van der Waals surface area contributed by atoms with E-state index in [4.69, 9.17) is 0 Å². The van der Waals surface area contributed by atoms with Crippen molar-refractivity contribution in [1.82, 2.24) is 19.8 Å². The lowest BCUT2D eigenvalue weighted by atomic mass is 10.1. The van der Waals surface area contributed by atoms with Crippen LogP contribution in [-0.2, 0) is 25.4 Å². The average molecular weight is 266 g/mol. The van der Waals surface area contributed by atoms with E-state index >= 15 is 0 Å². The van der Waals surface area contributed by atoms with Crippen LogP contribution in [0.15, 0.2) is 15.7 Å². The molecule has 1 saturated heterocycles. The van der Waals surface area contributed by atoms with E-state index in [1.807, 2.05) is 0 Å². The van der Waals surface area contributed by atoms with Crippen LogP contribution in [0.3, 0.4) is 0 Å². The van der Waals surface area contributed by atoms with Crippen molar-refractivity contribution in [3.05, 3.63) is 32.6 Å². The number of rotatable bonds is 3. The summed E-state index contributed by atoms with van der Waals surface area (Å²) in [5.41, 5.74) is -0.128. The van der Waals surface area contributed by atoms with Crippen LogP contribution in [0, 0.1) is 0 Å². The molecule has 1 aromatic heterocycles. The van der Waals surface area contributed by atoms with E-state index in [0.29, 0.717) is 18.8 Å². The fourth-order valence-corrected chi connectivity index (χ4v) is 2.14. The van der Waals surface area contributed by atoms with Crippen molar-refractivity contribution >= 4 is 5.91 Å². The van der Waals surface area contributed by atoms with Gasteiger partial charge in [-0.05, 0) is 12.8 Å². The van der Waals surface area contributed by atoms with Crippen LogP contribution in [0.4, 0.5) is 0 Å². The molecule has 19 heavy (non-hydrogen) atoms. The van der Waals surface area contributed by atoms with Crippen LogP contribution in [-0.4, -0.2) is 27.6 Å². The highest BCUT2D eigenvalue weighted by atomic mass is 16.2. The first-order valence-corrected chi connectivity index (χ1v) is 6.27. The number of hydrogen-bond donors (Lipinski definition) is 2. The maximum atomic E-state index is 11.7. The molecule has 0 radical (unpaired) electrons. The van der Waals surface area contributed by atoms with Crippen molar-refractivity contribution in [2.45, 2.75) is 25.4 Å². The second-order valence-corrected chi connectivity index (χ2v) is 4.74. The lowest BCUT2D eigenvalue weighted by Gasteiger charge is -2.23. The zero-order valence-electron chi connectivity index (χ0n) is 11.1. The third kappa shape index (κ3) is 2.76. The Kier molecular flexibility index (Phi) is 3.84. The summed E-state index contributed by atoms with van der Waals surface area (Å²) in [4.78, 5) is 34.9. The van der Waals surface area contributed by atoms with Gasteiger partial charge in [0.05, 0.1) is 6.04 Å². The molecule has 1 amide bonds. The zero-order valence-corrected chi connectivity index (χ0v) is 11.1. The van der Waals surface area contributed by atoms with Gasteiger partial charge in [-0.15, -0.1) is 0 Å². The predicted octanol–water partition coefficient (Wildman–Crippen LogP) is -1.55. The number of hydrogen-bond acceptors (Lipinski definition) is 4. The van der Waals surface area contributed by atoms with Gasteiger partial charge >= 0.3 is 5.69 Å². The van der Waals surface area contributed by atoms with Crippen LogP contribution in [0.2, 0.25) is 0 Å². The Labute approximate surface area is 110 Å². The van der Waals surface area contributed by atoms with Gasteiger partial charge < -0.3 is 10.6 Å². The number of carbonyl (C=O) groups excluding carboxylic acids is 1. The van der Waals surface area contributed by atoms with Crippen molar-refractivity contribution in [1.29, 1.82) is 0 Å². The topological polar surface area (TPSA) is 85.1 Å². The number of nitrogens with zero attached hydrogens (tertiary/aromatic N) is 2. The predicted molar refractivity (Wildman–Crippen MR) is 69.8 cm³/mol. The number of nitrogens with one attached hydrogen (secondary N) is 2. The van der Waals surface area contributed by atoms with Gasteiger partial charge in [-0.3, -0.25) is 18.7 Å². The van der Waals surface area contributed by atoms with Crippen molar-refractivity contribution in [2.24, 2.45) is 14.1 Å². The minimum Gasteiger partial charge on any atom is -0.355 e. The van der Waals surface area contributed by atoms with Gasteiger partial charge in [0.2, 0.25) is 5.91 Å². The van der Waals surface area contributed by atoms with Gasteiger partial charge in [0.25, 0.3) is 5.56 Å².